The van der Waals surface area contributed by atoms with Crippen molar-refractivity contribution in [3.63, 3.8) is 0 Å². The van der Waals surface area contributed by atoms with Gasteiger partial charge in [0.2, 0.25) is 0 Å². The first-order chi connectivity index (χ1) is 9.67. The van der Waals surface area contributed by atoms with Crippen LogP contribution in [0, 0.1) is 6.92 Å². The number of fused-ring (bicyclic) bond motifs is 1. The fraction of sp³-hybridized carbons (Fsp3) is 0.176. The maximum absolute atomic E-state index is 6.02. The predicted molar refractivity (Wildman–Crippen MR) is 84.2 cm³/mol. The fourth-order valence-corrected chi connectivity index (χ4v) is 2.58. The molecule has 3 aromatic rings. The van der Waals surface area contributed by atoms with Crippen LogP contribution in [0.25, 0.3) is 22.3 Å². The Bertz CT molecular complexity index is 761. The largest absolute Gasteiger partial charge is 0.456 e. The van der Waals surface area contributed by atoms with Gasteiger partial charge >= 0.3 is 0 Å². The highest BCUT2D eigenvalue weighted by molar-refractivity contribution is 6.31. The monoisotopic (exact) mass is 285 g/mol. The van der Waals surface area contributed by atoms with Gasteiger partial charge in [0, 0.05) is 22.5 Å². The molecule has 0 radical (unpaired) electrons. The van der Waals surface area contributed by atoms with Crippen LogP contribution in [0.1, 0.15) is 11.1 Å². The van der Waals surface area contributed by atoms with Crippen LogP contribution >= 0.6 is 11.6 Å². The summed E-state index contributed by atoms with van der Waals surface area (Å²) < 4.78 is 5.94. The molecule has 0 atom stereocenters. The van der Waals surface area contributed by atoms with Gasteiger partial charge in [-0.15, -0.1) is 0 Å². The molecule has 0 saturated heterocycles. The number of halogens is 1. The molecule has 0 bridgehead atoms. The van der Waals surface area contributed by atoms with E-state index in [1.165, 1.54) is 11.1 Å². The molecular weight excluding hydrogens is 270 g/mol. The molecule has 0 aliphatic rings. The van der Waals surface area contributed by atoms with Crippen LogP contribution in [0.5, 0.6) is 0 Å². The predicted octanol–water partition coefficient (Wildman–Crippen LogP) is 4.78. The van der Waals surface area contributed by atoms with Crippen LogP contribution < -0.4 is 5.32 Å². The van der Waals surface area contributed by atoms with Crippen molar-refractivity contribution < 1.29 is 4.42 Å². The Kier molecular flexibility index (Phi) is 3.51. The molecule has 102 valence electrons. The standard InChI is InChI=1S/C17H16ClNO/c1-11-3-4-12(10-19-2)7-15(11)17-9-13-8-14(18)5-6-16(13)20-17/h3-9,19H,10H2,1-2H3. The molecular formula is C17H16ClNO. The van der Waals surface area contributed by atoms with E-state index in [2.05, 4.69) is 30.4 Å². The van der Waals surface area contributed by atoms with Crippen LogP contribution in [-0.2, 0) is 6.54 Å². The Balaban J connectivity index is 2.12. The smallest absolute Gasteiger partial charge is 0.135 e. The minimum absolute atomic E-state index is 0.727. The molecule has 0 aliphatic heterocycles. The molecule has 0 spiro atoms. The first-order valence-corrected chi connectivity index (χ1v) is 6.99. The SMILES string of the molecule is CNCc1ccc(C)c(-c2cc3cc(Cl)ccc3o2)c1. The van der Waals surface area contributed by atoms with Crippen molar-refractivity contribution in [1.82, 2.24) is 5.32 Å². The van der Waals surface area contributed by atoms with Crippen LogP contribution in [0.3, 0.4) is 0 Å². The van der Waals surface area contributed by atoms with Crippen molar-refractivity contribution in [2.45, 2.75) is 13.5 Å². The Morgan fingerprint density at radius 3 is 2.75 bits per heavy atom. The zero-order valence-corrected chi connectivity index (χ0v) is 12.3. The number of hydrogen-bond acceptors (Lipinski definition) is 2. The molecule has 0 aliphatic carbocycles. The van der Waals surface area contributed by atoms with E-state index in [4.69, 9.17) is 16.0 Å². The van der Waals surface area contributed by atoms with E-state index in [-0.39, 0.29) is 0 Å². The van der Waals surface area contributed by atoms with E-state index in [0.29, 0.717) is 0 Å². The summed E-state index contributed by atoms with van der Waals surface area (Å²) in [5, 5.41) is 4.93. The Morgan fingerprint density at radius 1 is 1.10 bits per heavy atom. The van der Waals surface area contributed by atoms with Crippen LogP contribution in [0.2, 0.25) is 5.02 Å². The quantitative estimate of drug-likeness (QED) is 0.749. The molecule has 1 heterocycles. The summed E-state index contributed by atoms with van der Waals surface area (Å²) in [6, 6.07) is 14.2. The number of rotatable bonds is 3. The lowest BCUT2D eigenvalue weighted by molar-refractivity contribution is 0.631. The van der Waals surface area contributed by atoms with Crippen molar-refractivity contribution in [1.29, 1.82) is 0 Å². The van der Waals surface area contributed by atoms with E-state index < -0.39 is 0 Å². The van der Waals surface area contributed by atoms with Crippen molar-refractivity contribution in [3.05, 3.63) is 58.6 Å². The highest BCUT2D eigenvalue weighted by Gasteiger charge is 2.10. The second-order valence-electron chi connectivity index (χ2n) is 4.97. The van der Waals surface area contributed by atoms with E-state index in [9.17, 15) is 0 Å². The minimum Gasteiger partial charge on any atom is -0.456 e. The minimum atomic E-state index is 0.727. The van der Waals surface area contributed by atoms with Crippen molar-refractivity contribution in [2.24, 2.45) is 0 Å². The van der Waals surface area contributed by atoms with Crippen LogP contribution in [-0.4, -0.2) is 7.05 Å². The highest BCUT2D eigenvalue weighted by Crippen LogP contribution is 2.31. The van der Waals surface area contributed by atoms with Gasteiger partial charge < -0.3 is 9.73 Å². The van der Waals surface area contributed by atoms with E-state index in [1.807, 2.05) is 31.3 Å². The van der Waals surface area contributed by atoms with Gasteiger partial charge in [-0.25, -0.2) is 0 Å². The number of benzene rings is 2. The summed E-state index contributed by atoms with van der Waals surface area (Å²) in [5.74, 6) is 0.887. The summed E-state index contributed by atoms with van der Waals surface area (Å²) in [7, 11) is 1.95. The first kappa shape index (κ1) is 13.2. The number of aryl methyl sites for hydroxylation is 1. The number of furan rings is 1. The lowest BCUT2D eigenvalue weighted by Gasteiger charge is -2.06. The normalized spacial score (nSPS) is 11.2. The Labute approximate surface area is 123 Å². The van der Waals surface area contributed by atoms with Gasteiger partial charge in [0.1, 0.15) is 11.3 Å². The van der Waals surface area contributed by atoms with Gasteiger partial charge in [-0.05, 0) is 55.4 Å². The van der Waals surface area contributed by atoms with Gasteiger partial charge in [-0.2, -0.15) is 0 Å². The molecule has 3 heteroatoms. The third kappa shape index (κ3) is 2.45. The molecule has 1 aromatic heterocycles. The Hall–Kier alpha value is -1.77. The second kappa shape index (κ2) is 5.31. The highest BCUT2D eigenvalue weighted by atomic mass is 35.5. The fourth-order valence-electron chi connectivity index (χ4n) is 2.40. The van der Waals surface area contributed by atoms with Crippen molar-refractivity contribution >= 4 is 22.6 Å². The van der Waals surface area contributed by atoms with Crippen LogP contribution in [0.4, 0.5) is 0 Å². The molecule has 3 rings (SSSR count). The van der Waals surface area contributed by atoms with E-state index in [0.717, 1.165) is 33.9 Å². The molecule has 2 nitrogen and oxygen atoms in total. The van der Waals surface area contributed by atoms with Gasteiger partial charge in [-0.3, -0.25) is 0 Å². The van der Waals surface area contributed by atoms with Crippen LogP contribution in [0.15, 0.2) is 46.9 Å². The zero-order chi connectivity index (χ0) is 14.1. The Morgan fingerprint density at radius 2 is 1.95 bits per heavy atom. The van der Waals surface area contributed by atoms with Gasteiger partial charge in [-0.1, -0.05) is 23.7 Å². The summed E-state index contributed by atoms with van der Waals surface area (Å²) in [6.07, 6.45) is 0. The summed E-state index contributed by atoms with van der Waals surface area (Å²) in [6.45, 7) is 2.94. The summed E-state index contributed by atoms with van der Waals surface area (Å²) >= 11 is 6.02. The number of nitrogens with one attached hydrogen (secondary N) is 1. The third-order valence-corrected chi connectivity index (χ3v) is 3.66. The van der Waals surface area contributed by atoms with Crippen molar-refractivity contribution in [3.8, 4) is 11.3 Å². The molecule has 2 aromatic carbocycles. The zero-order valence-electron chi connectivity index (χ0n) is 11.5. The topological polar surface area (TPSA) is 25.2 Å². The molecule has 0 amide bonds. The van der Waals surface area contributed by atoms with Gasteiger partial charge in [0.25, 0.3) is 0 Å². The lowest BCUT2D eigenvalue weighted by atomic mass is 10.0. The number of hydrogen-bond donors (Lipinski definition) is 1. The molecule has 1 N–H and O–H groups in total. The van der Waals surface area contributed by atoms with Gasteiger partial charge in [0.05, 0.1) is 0 Å². The summed E-state index contributed by atoms with van der Waals surface area (Å²) in [4.78, 5) is 0. The second-order valence-corrected chi connectivity index (χ2v) is 5.41. The maximum Gasteiger partial charge on any atom is 0.135 e. The lowest BCUT2D eigenvalue weighted by Crippen LogP contribution is -2.05. The average Bonchev–Trinajstić information content (AvgIpc) is 2.84. The molecule has 20 heavy (non-hydrogen) atoms. The van der Waals surface area contributed by atoms with E-state index in [1.54, 1.807) is 0 Å². The molecule has 0 saturated carbocycles. The van der Waals surface area contributed by atoms with Crippen molar-refractivity contribution in [2.75, 3.05) is 7.05 Å². The molecule has 0 unspecified atom stereocenters. The maximum atomic E-state index is 6.02. The first-order valence-electron chi connectivity index (χ1n) is 6.61. The average molecular weight is 286 g/mol. The molecule has 0 fully saturated rings. The van der Waals surface area contributed by atoms with E-state index >= 15 is 0 Å². The summed E-state index contributed by atoms with van der Waals surface area (Å²) in [5.41, 5.74) is 4.44. The third-order valence-electron chi connectivity index (χ3n) is 3.43. The van der Waals surface area contributed by atoms with Gasteiger partial charge in [0.15, 0.2) is 0 Å².